The molecule has 0 heterocycles. The van der Waals surface area contributed by atoms with Crippen LogP contribution >= 0.6 is 0 Å². The average Bonchev–Trinajstić information content (AvgIpc) is 3.45. The number of aryl methyl sites for hydroxylation is 2. The van der Waals surface area contributed by atoms with E-state index < -0.39 is 0 Å². The first-order chi connectivity index (χ1) is 17.8. The van der Waals surface area contributed by atoms with E-state index in [0.717, 1.165) is 47.3 Å². The first kappa shape index (κ1) is 40.4. The molecule has 2 aromatic rings. The Morgan fingerprint density at radius 1 is 0.675 bits per heavy atom. The quantitative estimate of drug-likeness (QED) is 0.308. The van der Waals surface area contributed by atoms with E-state index in [2.05, 4.69) is 107 Å². The van der Waals surface area contributed by atoms with Gasteiger partial charge in [-0.25, -0.2) is 12.1 Å². The molecule has 2 aliphatic rings. The van der Waals surface area contributed by atoms with Gasteiger partial charge >= 0.3 is 41.9 Å². The summed E-state index contributed by atoms with van der Waals surface area (Å²) in [6.07, 6.45) is 7.80. The molecule has 4 rings (SSSR count). The normalized spacial score (nSPS) is 21.4. The SMILES string of the molecule is CCc1cc2c([cH-]1)CC(C(C)C)CC2C(C)C.CCc1cc2c([cH-]1)CC(C(C)C)CC2C(C)C.C[Si](C)=[Zr+2].[Cl-].[Cl-]. The van der Waals surface area contributed by atoms with Gasteiger partial charge < -0.3 is 24.8 Å². The first-order valence-corrected chi connectivity index (χ1v) is 22.1. The predicted molar refractivity (Wildman–Crippen MR) is 169 cm³/mol. The van der Waals surface area contributed by atoms with Crippen LogP contribution in [-0.4, -0.2) is 5.43 Å². The zero-order chi connectivity index (χ0) is 28.7. The van der Waals surface area contributed by atoms with Crippen LogP contribution in [0.4, 0.5) is 0 Å². The largest absolute Gasteiger partial charge is 1.00 e. The van der Waals surface area contributed by atoms with Crippen molar-refractivity contribution in [2.75, 3.05) is 0 Å². The summed E-state index contributed by atoms with van der Waals surface area (Å²) in [5, 5.41) is 0. The van der Waals surface area contributed by atoms with Crippen LogP contribution in [0.1, 0.15) is 127 Å². The predicted octanol–water partition coefficient (Wildman–Crippen LogP) is 4.64. The summed E-state index contributed by atoms with van der Waals surface area (Å²) in [5.74, 6) is 6.58. The standard InChI is InChI=1S/2C17H27.C2H6Si.2ClH.Zr/c2*1-6-13-7-15-9-14(11(2)3)10-16(12(4)5)17(15)8-13;1-3-2;;;/h2*7-8,11-12,14,16H,6,9-10H2,1-5H3;1-2H3;2*1H;/q2*-1;;;;+2/p-2. The van der Waals surface area contributed by atoms with Gasteiger partial charge in [-0.15, -0.1) is 0 Å². The fraction of sp³-hybridized carbons (Fsp3) is 0.722. The Morgan fingerprint density at radius 2 is 0.975 bits per heavy atom. The van der Waals surface area contributed by atoms with Gasteiger partial charge in [-0.2, -0.15) is 45.5 Å². The van der Waals surface area contributed by atoms with Crippen LogP contribution in [0, 0.1) is 35.5 Å². The Labute approximate surface area is 277 Å². The number of hydrogen-bond acceptors (Lipinski definition) is 0. The number of halogens is 2. The molecule has 228 valence electrons. The van der Waals surface area contributed by atoms with Crippen LogP contribution in [0.25, 0.3) is 0 Å². The molecule has 0 N–H and O–H groups in total. The molecule has 0 aliphatic heterocycles. The summed E-state index contributed by atoms with van der Waals surface area (Å²) >= 11 is 1.74. The van der Waals surface area contributed by atoms with Crippen LogP contribution in [0.3, 0.4) is 0 Å². The van der Waals surface area contributed by atoms with Gasteiger partial charge in [-0.05, 0) is 36.5 Å². The molecule has 4 heteroatoms. The van der Waals surface area contributed by atoms with Crippen LogP contribution in [0.15, 0.2) is 24.3 Å². The van der Waals surface area contributed by atoms with E-state index in [4.69, 9.17) is 0 Å². The minimum absolute atomic E-state index is 0. The topological polar surface area (TPSA) is 0 Å². The maximum absolute atomic E-state index is 2.48. The zero-order valence-electron chi connectivity index (χ0n) is 27.9. The number of rotatable bonds is 6. The van der Waals surface area contributed by atoms with Crippen molar-refractivity contribution in [1.82, 2.24) is 0 Å². The molecule has 4 unspecified atom stereocenters. The monoisotopic (exact) mass is 680 g/mol. The third-order valence-electron chi connectivity index (χ3n) is 9.33. The molecular formula is C36H60Cl2SiZr-2. The summed E-state index contributed by atoms with van der Waals surface area (Å²) in [7, 11) is 0. The average molecular weight is 683 g/mol. The Bertz CT molecular complexity index is 918. The molecule has 0 fully saturated rings. The van der Waals surface area contributed by atoms with E-state index in [9.17, 15) is 0 Å². The van der Waals surface area contributed by atoms with Gasteiger partial charge in [0.15, 0.2) is 0 Å². The molecule has 2 aliphatic carbocycles. The Hall–Kier alpha value is 0.380. The molecule has 40 heavy (non-hydrogen) atoms. The second-order valence-electron chi connectivity index (χ2n) is 14.0. The van der Waals surface area contributed by atoms with E-state index in [1.165, 1.54) is 38.5 Å². The first-order valence-electron chi connectivity index (χ1n) is 15.9. The van der Waals surface area contributed by atoms with Gasteiger partial charge in [0.2, 0.25) is 0 Å². The maximum Gasteiger partial charge on any atom is -1.00 e. The van der Waals surface area contributed by atoms with Crippen LogP contribution in [0.2, 0.25) is 13.1 Å². The van der Waals surface area contributed by atoms with E-state index in [1.807, 2.05) is 0 Å². The van der Waals surface area contributed by atoms with Crippen LogP contribution in [-0.2, 0) is 49.0 Å². The molecule has 0 saturated heterocycles. The van der Waals surface area contributed by atoms with Crippen molar-refractivity contribution in [2.24, 2.45) is 35.5 Å². The van der Waals surface area contributed by atoms with Gasteiger partial charge in [0.25, 0.3) is 0 Å². The molecule has 4 atom stereocenters. The van der Waals surface area contributed by atoms with Crippen molar-refractivity contribution < 1.29 is 48.1 Å². The van der Waals surface area contributed by atoms with Crippen molar-refractivity contribution in [3.63, 3.8) is 0 Å². The molecule has 0 saturated carbocycles. The molecule has 0 radical (unpaired) electrons. The molecule has 0 bridgehead atoms. The van der Waals surface area contributed by atoms with Gasteiger partial charge in [0, 0.05) is 0 Å². The minimum atomic E-state index is 0. The summed E-state index contributed by atoms with van der Waals surface area (Å²) in [5.41, 5.74) is 9.97. The Kier molecular flexibility index (Phi) is 19.1. The minimum Gasteiger partial charge on any atom is -1.00 e. The van der Waals surface area contributed by atoms with Gasteiger partial charge in [0.05, 0.1) is 0 Å². The van der Waals surface area contributed by atoms with Crippen LogP contribution in [0.5, 0.6) is 0 Å². The molecule has 0 aromatic heterocycles. The van der Waals surface area contributed by atoms with Crippen LogP contribution < -0.4 is 24.8 Å². The Morgan fingerprint density at radius 3 is 1.20 bits per heavy atom. The fourth-order valence-electron chi connectivity index (χ4n) is 6.65. The van der Waals surface area contributed by atoms with Gasteiger partial charge in [-0.1, -0.05) is 119 Å². The summed E-state index contributed by atoms with van der Waals surface area (Å²) in [6, 6.07) is 9.91. The molecule has 0 amide bonds. The van der Waals surface area contributed by atoms with Crippen molar-refractivity contribution in [3.8, 4) is 0 Å². The fourth-order valence-corrected chi connectivity index (χ4v) is 6.65. The smallest absolute Gasteiger partial charge is 1.00 e. The maximum atomic E-state index is 2.48. The van der Waals surface area contributed by atoms with Crippen molar-refractivity contribution in [1.29, 1.82) is 0 Å². The van der Waals surface area contributed by atoms with Gasteiger partial charge in [-0.3, -0.25) is 0 Å². The van der Waals surface area contributed by atoms with Crippen molar-refractivity contribution in [3.05, 3.63) is 57.6 Å². The summed E-state index contributed by atoms with van der Waals surface area (Å²) in [6.45, 7) is 28.2. The molecule has 0 spiro atoms. The number of hydrogen-bond donors (Lipinski definition) is 0. The van der Waals surface area contributed by atoms with Crippen molar-refractivity contribution in [2.45, 2.75) is 133 Å². The third-order valence-corrected chi connectivity index (χ3v) is 9.33. The molecular weight excluding hydrogens is 623 g/mol. The summed E-state index contributed by atoms with van der Waals surface area (Å²) < 4.78 is 0. The van der Waals surface area contributed by atoms with Gasteiger partial charge in [0.1, 0.15) is 0 Å². The third kappa shape index (κ3) is 11.5. The summed E-state index contributed by atoms with van der Waals surface area (Å²) in [4.78, 5) is 0. The zero-order valence-corrected chi connectivity index (χ0v) is 32.9. The molecule has 0 nitrogen and oxygen atoms in total. The second-order valence-corrected chi connectivity index (χ2v) is 23.4. The number of fused-ring (bicyclic) bond motifs is 2. The van der Waals surface area contributed by atoms with E-state index in [0.29, 0.717) is 0 Å². The van der Waals surface area contributed by atoms with E-state index in [1.54, 1.807) is 56.7 Å². The van der Waals surface area contributed by atoms with E-state index in [-0.39, 0.29) is 30.2 Å². The van der Waals surface area contributed by atoms with Crippen molar-refractivity contribution >= 4 is 5.43 Å². The Balaban J connectivity index is 0.000000643. The second kappa shape index (κ2) is 18.9. The molecule has 2 aromatic carbocycles. The van der Waals surface area contributed by atoms with E-state index >= 15 is 0 Å².